The number of carboxylic acids is 1. The van der Waals surface area contributed by atoms with Gasteiger partial charge in [-0.15, -0.1) is 0 Å². The average Bonchev–Trinajstić information content (AvgIpc) is 2.68. The van der Waals surface area contributed by atoms with E-state index in [1.54, 1.807) is 12.3 Å². The number of carbonyl (C=O) groups is 1. The lowest BCUT2D eigenvalue weighted by Gasteiger charge is -2.03. The summed E-state index contributed by atoms with van der Waals surface area (Å²) in [6, 6.07) is 1.59. The fourth-order valence-corrected chi connectivity index (χ4v) is 2.62. The van der Waals surface area contributed by atoms with Crippen molar-refractivity contribution >= 4 is 40.6 Å². The van der Waals surface area contributed by atoms with E-state index in [0.29, 0.717) is 16.5 Å². The van der Waals surface area contributed by atoms with Crippen LogP contribution in [-0.4, -0.2) is 30.2 Å². The Morgan fingerprint density at radius 3 is 2.68 bits per heavy atom. The monoisotopic (exact) mass is 348 g/mol. The number of fused-ring (bicyclic) bond motifs is 1. The van der Waals surface area contributed by atoms with Crippen LogP contribution in [0.3, 0.4) is 0 Å². The zero-order chi connectivity index (χ0) is 14.2. The Morgan fingerprint density at radius 2 is 2.11 bits per heavy atom. The molecule has 0 aliphatic carbocycles. The molecule has 0 spiro atoms. The Morgan fingerprint density at radius 1 is 1.42 bits per heavy atom. The molecule has 2 aromatic rings. The van der Waals surface area contributed by atoms with Crippen molar-refractivity contribution < 1.29 is 24.3 Å². The number of hydrogen-bond acceptors (Lipinski definition) is 3. The van der Waals surface area contributed by atoms with Gasteiger partial charge in [-0.1, -0.05) is 15.9 Å². The van der Waals surface area contributed by atoms with Crippen molar-refractivity contribution in [3.8, 4) is 0 Å². The highest BCUT2D eigenvalue weighted by atomic mass is 79.9. The summed E-state index contributed by atoms with van der Waals surface area (Å²) in [5.74, 6) is -0.909. The van der Waals surface area contributed by atoms with E-state index >= 15 is 0 Å². The molecule has 2 rings (SSSR count). The molecule has 19 heavy (non-hydrogen) atoms. The summed E-state index contributed by atoms with van der Waals surface area (Å²) in [5, 5.41) is 8.65. The van der Waals surface area contributed by atoms with Crippen molar-refractivity contribution in [2.45, 2.75) is 12.8 Å². The Kier molecular flexibility index (Phi) is 3.78. The van der Waals surface area contributed by atoms with Gasteiger partial charge in [-0.3, -0.25) is 9.36 Å². The summed E-state index contributed by atoms with van der Waals surface area (Å²) < 4.78 is 13.2. The van der Waals surface area contributed by atoms with E-state index in [1.807, 2.05) is 0 Å². The summed E-state index contributed by atoms with van der Waals surface area (Å²) in [5.41, 5.74) is 0.795. The molecule has 9 heteroatoms. The first-order valence-corrected chi connectivity index (χ1v) is 7.63. The molecule has 0 radical (unpaired) electrons. The highest BCUT2D eigenvalue weighted by molar-refractivity contribution is 9.10. The number of pyridine rings is 1. The minimum absolute atomic E-state index is 0.0237. The molecule has 0 saturated carbocycles. The number of halogens is 1. The second-order valence-corrected chi connectivity index (χ2v) is 6.35. The van der Waals surface area contributed by atoms with Crippen molar-refractivity contribution in [3.05, 3.63) is 28.5 Å². The largest absolute Gasteiger partial charge is 0.481 e. The van der Waals surface area contributed by atoms with Crippen LogP contribution in [0.5, 0.6) is 0 Å². The number of imidazole rings is 1. The third-order valence-electron chi connectivity index (χ3n) is 2.51. The molecule has 3 N–H and O–H groups in total. The first-order chi connectivity index (χ1) is 8.77. The summed E-state index contributed by atoms with van der Waals surface area (Å²) >= 11 is 3.29. The molecule has 0 saturated heterocycles. The van der Waals surface area contributed by atoms with Gasteiger partial charge >= 0.3 is 13.6 Å². The van der Waals surface area contributed by atoms with E-state index in [-0.39, 0.29) is 11.9 Å². The van der Waals surface area contributed by atoms with Crippen LogP contribution < -0.4 is 5.44 Å². The molecule has 2 aromatic heterocycles. The van der Waals surface area contributed by atoms with E-state index in [2.05, 4.69) is 20.9 Å². The molecule has 0 bridgehead atoms. The zero-order valence-electron chi connectivity index (χ0n) is 9.52. The number of nitrogens with zero attached hydrogens (tertiary/aromatic N) is 2. The summed E-state index contributed by atoms with van der Waals surface area (Å²) in [4.78, 5) is 32.5. The number of aryl methyl sites for hydroxylation is 1. The smallest absolute Gasteiger partial charge is 0.376 e. The van der Waals surface area contributed by atoms with Gasteiger partial charge in [0.25, 0.3) is 0 Å². The van der Waals surface area contributed by atoms with E-state index < -0.39 is 13.6 Å². The molecule has 0 aliphatic rings. The maximum absolute atomic E-state index is 11.1. The lowest BCUT2D eigenvalue weighted by Crippen LogP contribution is -2.03. The lowest BCUT2D eigenvalue weighted by molar-refractivity contribution is -0.136. The van der Waals surface area contributed by atoms with Gasteiger partial charge in [-0.2, -0.15) is 0 Å². The van der Waals surface area contributed by atoms with Crippen molar-refractivity contribution in [3.63, 3.8) is 0 Å². The lowest BCUT2D eigenvalue weighted by atomic mass is 10.1. The number of hydrogen-bond donors (Lipinski definition) is 3. The number of aliphatic carboxylic acids is 1. The third kappa shape index (κ3) is 3.22. The predicted octanol–water partition coefficient (Wildman–Crippen LogP) is 0.917. The normalized spacial score (nSPS) is 11.9. The Balaban J connectivity index is 2.44. The van der Waals surface area contributed by atoms with Crippen LogP contribution in [0.1, 0.15) is 12.0 Å². The number of carboxylic acid groups (broad SMARTS) is 1. The topological polar surface area (TPSA) is 112 Å². The minimum Gasteiger partial charge on any atom is -0.481 e. The van der Waals surface area contributed by atoms with Crippen molar-refractivity contribution in [1.29, 1.82) is 0 Å². The molecule has 0 fully saturated rings. The van der Waals surface area contributed by atoms with Gasteiger partial charge in [-0.25, -0.2) is 4.98 Å². The van der Waals surface area contributed by atoms with Crippen LogP contribution in [-0.2, 0) is 15.8 Å². The van der Waals surface area contributed by atoms with Gasteiger partial charge in [0, 0.05) is 23.3 Å². The van der Waals surface area contributed by atoms with E-state index in [0.717, 1.165) is 5.56 Å². The van der Waals surface area contributed by atoms with E-state index in [4.69, 9.17) is 14.9 Å². The fourth-order valence-electron chi connectivity index (χ4n) is 1.61. The zero-order valence-corrected chi connectivity index (χ0v) is 12.0. The number of aromatic nitrogens is 2. The molecule has 0 amide bonds. The average molecular weight is 349 g/mol. The predicted molar refractivity (Wildman–Crippen MR) is 70.5 cm³/mol. The first kappa shape index (κ1) is 14.2. The van der Waals surface area contributed by atoms with E-state index in [1.165, 1.54) is 10.6 Å². The van der Waals surface area contributed by atoms with Gasteiger partial charge in [0.05, 0.1) is 0 Å². The van der Waals surface area contributed by atoms with Gasteiger partial charge in [0.1, 0.15) is 5.65 Å². The summed E-state index contributed by atoms with van der Waals surface area (Å²) in [7, 11) is -4.39. The van der Waals surface area contributed by atoms with Gasteiger partial charge in [0.2, 0.25) is 0 Å². The molecule has 2 heterocycles. The van der Waals surface area contributed by atoms with E-state index in [9.17, 15) is 9.36 Å². The highest BCUT2D eigenvalue weighted by Gasteiger charge is 2.21. The van der Waals surface area contributed by atoms with Gasteiger partial charge in [-0.05, 0) is 18.1 Å². The molecular weight excluding hydrogens is 339 g/mol. The molecule has 0 aliphatic heterocycles. The molecular formula is C10H10BrN2O5P. The molecule has 0 aromatic carbocycles. The van der Waals surface area contributed by atoms with Crippen LogP contribution in [0.2, 0.25) is 0 Å². The molecule has 0 unspecified atom stereocenters. The van der Waals surface area contributed by atoms with Crippen LogP contribution in [0.4, 0.5) is 0 Å². The Hall–Kier alpha value is -1.21. The maximum atomic E-state index is 11.1. The standard InChI is InChI=1S/C10H10BrN2O5P/c11-7-3-8-12-9(19(16,17)18)5-13(8)4-6(7)1-2-10(14)15/h3-5H,1-2H2,(H,14,15)(H2,16,17,18). The number of rotatable bonds is 4. The second-order valence-electron chi connectivity index (χ2n) is 3.95. The fraction of sp³-hybridized carbons (Fsp3) is 0.200. The van der Waals surface area contributed by atoms with Crippen molar-refractivity contribution in [2.75, 3.05) is 0 Å². The molecule has 102 valence electrons. The van der Waals surface area contributed by atoms with Crippen molar-refractivity contribution in [1.82, 2.24) is 9.38 Å². The quantitative estimate of drug-likeness (QED) is 0.708. The third-order valence-corrected chi connectivity index (χ3v) is 4.06. The van der Waals surface area contributed by atoms with Gasteiger partial charge in [0.15, 0.2) is 5.44 Å². The molecule has 0 atom stereocenters. The Labute approximate surface area is 116 Å². The Bertz CT molecular complexity index is 693. The van der Waals surface area contributed by atoms with Gasteiger partial charge < -0.3 is 19.3 Å². The molecule has 7 nitrogen and oxygen atoms in total. The summed E-state index contributed by atoms with van der Waals surface area (Å²) in [6.45, 7) is 0. The highest BCUT2D eigenvalue weighted by Crippen LogP contribution is 2.32. The second kappa shape index (κ2) is 5.05. The summed E-state index contributed by atoms with van der Waals surface area (Å²) in [6.07, 6.45) is 3.14. The van der Waals surface area contributed by atoms with Crippen LogP contribution in [0, 0.1) is 0 Å². The first-order valence-electron chi connectivity index (χ1n) is 5.22. The van der Waals surface area contributed by atoms with Crippen molar-refractivity contribution in [2.24, 2.45) is 0 Å². The van der Waals surface area contributed by atoms with Crippen LogP contribution >= 0.6 is 23.5 Å². The SMILES string of the molecule is O=C(O)CCc1cn2cc(P(=O)(O)O)nc2cc1Br. The van der Waals surface area contributed by atoms with Crippen LogP contribution in [0.15, 0.2) is 22.9 Å². The maximum Gasteiger partial charge on any atom is 0.376 e. The minimum atomic E-state index is -4.39. The van der Waals surface area contributed by atoms with Crippen LogP contribution in [0.25, 0.3) is 5.65 Å².